The van der Waals surface area contributed by atoms with Crippen molar-refractivity contribution in [2.75, 3.05) is 31.5 Å². The van der Waals surface area contributed by atoms with Gasteiger partial charge in [-0.25, -0.2) is 4.68 Å². The monoisotopic (exact) mass is 503 g/mol. The van der Waals surface area contributed by atoms with Gasteiger partial charge >= 0.3 is 6.18 Å². The first kappa shape index (κ1) is 22.7. The molecule has 4 saturated carbocycles. The summed E-state index contributed by atoms with van der Waals surface area (Å²) < 4.78 is 48.1. The number of hydrogen-bond acceptors (Lipinski definition) is 5. The Bertz CT molecular complexity index is 1100. The summed E-state index contributed by atoms with van der Waals surface area (Å²) in [6, 6.07) is 2.32. The quantitative estimate of drug-likeness (QED) is 0.648. The molecule has 1 N–H and O–H groups in total. The number of carbonyl (C=O) groups excluding carboxylic acids is 1. The van der Waals surface area contributed by atoms with E-state index in [4.69, 9.17) is 4.42 Å². The van der Waals surface area contributed by atoms with Crippen LogP contribution in [-0.2, 0) is 0 Å². The van der Waals surface area contributed by atoms with E-state index in [1.54, 1.807) is 17.0 Å². The van der Waals surface area contributed by atoms with E-state index in [-0.39, 0.29) is 23.8 Å². The Morgan fingerprint density at radius 3 is 2.28 bits per heavy atom. The number of hydrogen-bond donors (Lipinski definition) is 1. The van der Waals surface area contributed by atoms with Crippen LogP contribution in [-0.4, -0.2) is 63.4 Å². The summed E-state index contributed by atoms with van der Waals surface area (Å²) in [6.07, 6.45) is 4.79. The van der Waals surface area contributed by atoms with Crippen molar-refractivity contribution in [2.45, 2.75) is 68.7 Å². The van der Waals surface area contributed by atoms with Crippen molar-refractivity contribution in [1.29, 1.82) is 0 Å². The minimum Gasteiger partial charge on any atom is -0.467 e. The molecule has 4 bridgehead atoms. The molecule has 4 aliphatic carbocycles. The van der Waals surface area contributed by atoms with Crippen LogP contribution in [0.5, 0.6) is 0 Å². The molecule has 1 saturated heterocycles. The van der Waals surface area contributed by atoms with Crippen LogP contribution in [0.15, 0.2) is 28.9 Å². The normalized spacial score (nSPS) is 36.1. The Kier molecular flexibility index (Phi) is 5.04. The minimum atomic E-state index is -4.49. The maximum atomic E-state index is 13.9. The van der Waals surface area contributed by atoms with Gasteiger partial charge in [-0.05, 0) is 68.4 Å². The Balaban J connectivity index is 1.07. The number of nitrogens with one attached hydrogen (secondary N) is 1. The predicted octanol–water partition coefficient (Wildman–Crippen LogP) is 4.86. The molecule has 0 aromatic carbocycles. The van der Waals surface area contributed by atoms with Gasteiger partial charge in [0.2, 0.25) is 0 Å². The summed E-state index contributed by atoms with van der Waals surface area (Å²) in [7, 11) is 0. The smallest absolute Gasteiger partial charge is 0.410 e. The van der Waals surface area contributed by atoms with Gasteiger partial charge in [-0.3, -0.25) is 9.69 Å². The van der Waals surface area contributed by atoms with E-state index in [0.717, 1.165) is 35.5 Å². The lowest BCUT2D eigenvalue weighted by molar-refractivity contribution is -0.174. The molecule has 4 heterocycles. The summed E-state index contributed by atoms with van der Waals surface area (Å²) in [5, 5.41) is 7.25. The van der Waals surface area contributed by atoms with Gasteiger partial charge in [0.05, 0.1) is 12.3 Å². The third-order valence-corrected chi connectivity index (χ3v) is 9.54. The Morgan fingerprint density at radius 2 is 1.69 bits per heavy atom. The zero-order chi connectivity index (χ0) is 24.7. The molecular formula is C26H32F3N5O2. The standard InChI is InChI=1S/C26H32F3N5O2/c27-26(28,29)22-11-19(21-2-1-7-36-21)30-23-12-20(31-34(22)23)24(35)32-3-5-33(6-4-32)25-13-16-8-17(14-25)10-18(9-16)15-25/h1-2,7,12,16-19,22,30H,3-6,8-11,13-15H2/t16?,17?,18?,19-,22+,25?/m0/s1. The van der Waals surface area contributed by atoms with E-state index in [9.17, 15) is 18.0 Å². The topological polar surface area (TPSA) is 66.5 Å². The molecule has 0 unspecified atom stereocenters. The second-order valence-electron chi connectivity index (χ2n) is 11.8. The molecule has 5 fully saturated rings. The molecule has 6 aliphatic rings. The zero-order valence-corrected chi connectivity index (χ0v) is 20.2. The molecule has 0 radical (unpaired) electrons. The number of aromatic nitrogens is 2. The summed E-state index contributed by atoms with van der Waals surface area (Å²) in [5.41, 5.74) is 0.373. The molecule has 2 atom stereocenters. The second-order valence-corrected chi connectivity index (χ2v) is 11.8. The maximum absolute atomic E-state index is 13.9. The summed E-state index contributed by atoms with van der Waals surface area (Å²) in [6.45, 7) is 2.84. The maximum Gasteiger partial charge on any atom is 0.410 e. The van der Waals surface area contributed by atoms with E-state index in [1.807, 2.05) is 0 Å². The molecule has 10 heteroatoms. The van der Waals surface area contributed by atoms with Crippen molar-refractivity contribution in [3.8, 4) is 0 Å². The third kappa shape index (κ3) is 3.66. The highest BCUT2D eigenvalue weighted by Crippen LogP contribution is 2.58. The van der Waals surface area contributed by atoms with Gasteiger partial charge in [0, 0.05) is 44.2 Å². The first-order valence-corrected chi connectivity index (χ1v) is 13.3. The average Bonchev–Trinajstić information content (AvgIpc) is 3.52. The van der Waals surface area contributed by atoms with Gasteiger partial charge < -0.3 is 14.6 Å². The summed E-state index contributed by atoms with van der Waals surface area (Å²) >= 11 is 0. The number of amides is 1. The van der Waals surface area contributed by atoms with Gasteiger partial charge in [-0.15, -0.1) is 0 Å². The van der Waals surface area contributed by atoms with Crippen molar-refractivity contribution in [2.24, 2.45) is 17.8 Å². The average molecular weight is 504 g/mol. The first-order valence-electron chi connectivity index (χ1n) is 13.3. The highest BCUT2D eigenvalue weighted by Gasteiger charge is 2.54. The first-order chi connectivity index (χ1) is 17.3. The predicted molar refractivity (Wildman–Crippen MR) is 125 cm³/mol. The van der Waals surface area contributed by atoms with Crippen LogP contribution in [0.4, 0.5) is 19.0 Å². The number of anilines is 1. The lowest BCUT2D eigenvalue weighted by atomic mass is 9.52. The van der Waals surface area contributed by atoms with Crippen LogP contribution in [0.25, 0.3) is 0 Å². The fourth-order valence-electron chi connectivity index (χ4n) is 8.35. The number of halogens is 3. The zero-order valence-electron chi connectivity index (χ0n) is 20.2. The highest BCUT2D eigenvalue weighted by atomic mass is 19.4. The second kappa shape index (κ2) is 8.00. The minimum absolute atomic E-state index is 0.0649. The summed E-state index contributed by atoms with van der Waals surface area (Å²) in [5.74, 6) is 2.94. The Labute approximate surface area is 208 Å². The molecule has 1 amide bonds. The van der Waals surface area contributed by atoms with E-state index < -0.39 is 18.3 Å². The molecular weight excluding hydrogens is 471 g/mol. The lowest BCUT2D eigenvalue weighted by Gasteiger charge is -2.61. The number of alkyl halides is 3. The van der Waals surface area contributed by atoms with Crippen molar-refractivity contribution in [1.82, 2.24) is 19.6 Å². The lowest BCUT2D eigenvalue weighted by Crippen LogP contribution is -2.64. The molecule has 194 valence electrons. The highest BCUT2D eigenvalue weighted by molar-refractivity contribution is 5.93. The van der Waals surface area contributed by atoms with E-state index in [1.165, 1.54) is 50.9 Å². The SMILES string of the molecule is O=C(c1cc2n(n1)[C@@H](C(F)(F)F)C[C@@H](c1ccco1)N2)N1CCN(C23CC4CC(CC(C4)C2)C3)CC1. The van der Waals surface area contributed by atoms with E-state index in [2.05, 4.69) is 15.3 Å². The van der Waals surface area contributed by atoms with Crippen LogP contribution in [0.3, 0.4) is 0 Å². The molecule has 2 aliphatic heterocycles. The number of nitrogens with zero attached hydrogens (tertiary/aromatic N) is 4. The number of rotatable bonds is 3. The number of carbonyl (C=O) groups is 1. The van der Waals surface area contributed by atoms with Crippen molar-refractivity contribution in [3.05, 3.63) is 35.9 Å². The van der Waals surface area contributed by atoms with Crippen molar-refractivity contribution in [3.63, 3.8) is 0 Å². The van der Waals surface area contributed by atoms with Gasteiger partial charge in [0.1, 0.15) is 11.6 Å². The molecule has 36 heavy (non-hydrogen) atoms. The number of fused-ring (bicyclic) bond motifs is 1. The molecule has 2 aromatic rings. The Morgan fingerprint density at radius 1 is 1.03 bits per heavy atom. The fraction of sp³-hybridized carbons (Fsp3) is 0.692. The van der Waals surface area contributed by atoms with E-state index >= 15 is 0 Å². The summed E-state index contributed by atoms with van der Waals surface area (Å²) in [4.78, 5) is 17.7. The van der Waals surface area contributed by atoms with Crippen LogP contribution in [0.2, 0.25) is 0 Å². The molecule has 7 nitrogen and oxygen atoms in total. The fourth-order valence-corrected chi connectivity index (χ4v) is 8.35. The van der Waals surface area contributed by atoms with Crippen LogP contribution in [0, 0.1) is 17.8 Å². The number of furan rings is 1. The Hall–Kier alpha value is -2.49. The van der Waals surface area contributed by atoms with Crippen LogP contribution in [0.1, 0.15) is 73.3 Å². The third-order valence-electron chi connectivity index (χ3n) is 9.54. The molecule has 0 spiro atoms. The van der Waals surface area contributed by atoms with Gasteiger partial charge in [0.15, 0.2) is 11.7 Å². The number of piperazine rings is 1. The van der Waals surface area contributed by atoms with Gasteiger partial charge in [-0.1, -0.05) is 0 Å². The van der Waals surface area contributed by atoms with Crippen molar-refractivity contribution >= 4 is 11.7 Å². The van der Waals surface area contributed by atoms with E-state index in [0.29, 0.717) is 24.4 Å². The van der Waals surface area contributed by atoms with Crippen LogP contribution >= 0.6 is 0 Å². The molecule has 2 aromatic heterocycles. The molecule has 8 rings (SSSR count). The van der Waals surface area contributed by atoms with Crippen LogP contribution < -0.4 is 5.32 Å². The van der Waals surface area contributed by atoms with Gasteiger partial charge in [-0.2, -0.15) is 18.3 Å². The van der Waals surface area contributed by atoms with Gasteiger partial charge in [0.25, 0.3) is 5.91 Å². The largest absolute Gasteiger partial charge is 0.467 e. The van der Waals surface area contributed by atoms with Crippen molar-refractivity contribution < 1.29 is 22.4 Å².